The Balaban J connectivity index is 1.23. The second-order valence-corrected chi connectivity index (χ2v) is 15.0. The molecule has 15 unspecified atom stereocenters. The van der Waals surface area contributed by atoms with E-state index in [1.165, 1.54) is 48.6 Å². The maximum Gasteiger partial charge on any atom is 0.330 e. The lowest BCUT2D eigenvalue weighted by Crippen LogP contribution is -2.63. The van der Waals surface area contributed by atoms with Crippen LogP contribution in [0, 0.1) is 0 Å². The van der Waals surface area contributed by atoms with Crippen LogP contribution < -0.4 is 0 Å². The molecule has 0 bridgehead atoms. The number of aromatic hydroxyl groups is 3. The van der Waals surface area contributed by atoms with Gasteiger partial charge in [0.15, 0.2) is 35.4 Å². The minimum Gasteiger partial charge on any atom is -0.508 e. The van der Waals surface area contributed by atoms with Gasteiger partial charge in [0.2, 0.25) is 12.6 Å². The lowest BCUT2D eigenvalue weighted by atomic mass is 9.96. The highest BCUT2D eigenvalue weighted by molar-refractivity contribution is 5.87. The standard InChI is InChI=1S/C41H46O22/c42-13-27-31(50)33(52)36(55)40(61-27)59-25-11-19(44)10-24-20(25)12-26(37(58-24)17-4-7-21(45)22(46)9-17)60-41-38(63-39-35(54)30(49)23(47)14-57-39)34(53)32(51)28(62-41)15-56-29(48)8-3-16-1-5-18(43)6-2-16/h1-12,23-24,27-28,30-36,38-47,49-55H,13-15H2. The van der Waals surface area contributed by atoms with Crippen molar-refractivity contribution in [3.63, 3.8) is 0 Å². The quantitative estimate of drug-likeness (QED) is 0.0595. The summed E-state index contributed by atoms with van der Waals surface area (Å²) >= 11 is 0. The number of esters is 1. The van der Waals surface area contributed by atoms with E-state index in [4.69, 9.17) is 37.9 Å². The lowest BCUT2D eigenvalue weighted by Gasteiger charge is -2.45. The van der Waals surface area contributed by atoms with Crippen LogP contribution in [0.25, 0.3) is 11.8 Å². The third-order valence-electron chi connectivity index (χ3n) is 10.6. The predicted molar refractivity (Wildman–Crippen MR) is 206 cm³/mol. The number of allylic oxidation sites excluding steroid dienone is 2. The minimum atomic E-state index is -1.99. The zero-order chi connectivity index (χ0) is 45.3. The van der Waals surface area contributed by atoms with E-state index in [-0.39, 0.29) is 34.2 Å². The van der Waals surface area contributed by atoms with Gasteiger partial charge in [-0.3, -0.25) is 0 Å². The highest BCUT2D eigenvalue weighted by atomic mass is 16.8. The number of ether oxygens (including phenoxy) is 8. The second kappa shape index (κ2) is 19.2. The Morgan fingerprint density at radius 2 is 1.43 bits per heavy atom. The Kier molecular flexibility index (Phi) is 13.9. The molecule has 2 aromatic carbocycles. The van der Waals surface area contributed by atoms with Crippen LogP contribution in [0.4, 0.5) is 0 Å². The fraction of sp³-hybridized carbons (Fsp3) is 0.439. The molecule has 7 rings (SSSR count). The molecule has 3 saturated heterocycles. The average Bonchev–Trinajstić information content (AvgIpc) is 3.26. The number of rotatable bonds is 12. The van der Waals surface area contributed by atoms with Crippen LogP contribution in [0.15, 0.2) is 89.6 Å². The van der Waals surface area contributed by atoms with Gasteiger partial charge in [0, 0.05) is 29.4 Å². The smallest absolute Gasteiger partial charge is 0.330 e. The van der Waals surface area contributed by atoms with Crippen molar-refractivity contribution in [1.82, 2.24) is 0 Å². The van der Waals surface area contributed by atoms with Crippen LogP contribution in [-0.4, -0.2) is 184 Å². The van der Waals surface area contributed by atoms with Crippen molar-refractivity contribution >= 4 is 17.8 Å². The van der Waals surface area contributed by atoms with Gasteiger partial charge in [0.25, 0.3) is 0 Å². The molecule has 3 fully saturated rings. The molecule has 13 N–H and O–H groups in total. The van der Waals surface area contributed by atoms with Crippen molar-refractivity contribution in [2.24, 2.45) is 0 Å². The monoisotopic (exact) mass is 890 g/mol. The van der Waals surface area contributed by atoms with Gasteiger partial charge in [0.05, 0.1) is 13.2 Å². The molecule has 1 aliphatic carbocycles. The van der Waals surface area contributed by atoms with E-state index < -0.39 is 135 Å². The number of fused-ring (bicyclic) bond motifs is 1. The molecule has 342 valence electrons. The lowest BCUT2D eigenvalue weighted by molar-refractivity contribution is -0.351. The van der Waals surface area contributed by atoms with Crippen molar-refractivity contribution in [2.45, 2.75) is 92.1 Å². The summed E-state index contributed by atoms with van der Waals surface area (Å²) in [5, 5.41) is 136. The van der Waals surface area contributed by atoms with E-state index in [1.807, 2.05) is 0 Å². The van der Waals surface area contributed by atoms with Gasteiger partial charge in [-0.1, -0.05) is 12.1 Å². The number of carbonyl (C=O) groups excluding carboxylic acids is 1. The number of phenols is 3. The summed E-state index contributed by atoms with van der Waals surface area (Å²) in [6.07, 6.45) is -19.9. The third-order valence-corrected chi connectivity index (χ3v) is 10.6. The first-order chi connectivity index (χ1) is 30.0. The van der Waals surface area contributed by atoms with Crippen LogP contribution in [0.3, 0.4) is 0 Å². The van der Waals surface area contributed by atoms with Crippen molar-refractivity contribution in [3.05, 3.63) is 101 Å². The Labute approximate surface area is 356 Å². The molecule has 0 radical (unpaired) electrons. The molecule has 0 saturated carbocycles. The molecule has 0 spiro atoms. The van der Waals surface area contributed by atoms with E-state index in [0.29, 0.717) is 5.56 Å². The topological polar surface area (TPSA) is 354 Å². The largest absolute Gasteiger partial charge is 0.508 e. The zero-order valence-electron chi connectivity index (χ0n) is 32.7. The molecule has 22 nitrogen and oxygen atoms in total. The molecule has 5 aliphatic rings. The maximum absolute atomic E-state index is 12.7. The van der Waals surface area contributed by atoms with Gasteiger partial charge in [-0.25, -0.2) is 4.79 Å². The molecule has 2 aromatic rings. The SMILES string of the molecule is O=C(C=Cc1ccc(O)cc1)OCC1OC(OC2=C(c3ccc(O)c(O)c3)OC3C=C(O)C=C(OC4OC(CO)C(O)C(O)C4O)C3=C2)C(OC2OCC(O)C(O)C2O)C(O)C1O. The maximum atomic E-state index is 12.7. The third kappa shape index (κ3) is 9.93. The van der Waals surface area contributed by atoms with E-state index in [9.17, 15) is 71.2 Å². The predicted octanol–water partition coefficient (Wildman–Crippen LogP) is -2.50. The number of benzene rings is 2. The first-order valence-electron chi connectivity index (χ1n) is 19.4. The fourth-order valence-electron chi connectivity index (χ4n) is 7.07. The number of hydrogen-bond donors (Lipinski definition) is 13. The summed E-state index contributed by atoms with van der Waals surface area (Å²) in [7, 11) is 0. The number of aliphatic hydroxyl groups is 10. The van der Waals surface area contributed by atoms with Crippen molar-refractivity contribution in [2.75, 3.05) is 19.8 Å². The molecule has 15 atom stereocenters. The van der Waals surface area contributed by atoms with Crippen LogP contribution in [0.2, 0.25) is 0 Å². The number of aliphatic hydroxyl groups excluding tert-OH is 10. The summed E-state index contributed by atoms with van der Waals surface area (Å²) in [6, 6.07) is 9.36. The first-order valence-corrected chi connectivity index (χ1v) is 19.4. The van der Waals surface area contributed by atoms with Crippen molar-refractivity contribution in [3.8, 4) is 17.2 Å². The minimum absolute atomic E-state index is 0.00203. The summed E-state index contributed by atoms with van der Waals surface area (Å²) in [6.45, 7) is -2.00. The molecular formula is C41H46O22. The van der Waals surface area contributed by atoms with Crippen molar-refractivity contribution in [1.29, 1.82) is 0 Å². The Hall–Kier alpha value is -5.31. The molecule has 0 aromatic heterocycles. The number of carbonyl (C=O) groups is 1. The van der Waals surface area contributed by atoms with E-state index in [2.05, 4.69) is 0 Å². The number of hydrogen-bond acceptors (Lipinski definition) is 22. The normalized spacial score (nSPS) is 35.8. The van der Waals surface area contributed by atoms with E-state index >= 15 is 0 Å². The summed E-state index contributed by atoms with van der Waals surface area (Å²) in [5.41, 5.74) is 0.594. The zero-order valence-corrected chi connectivity index (χ0v) is 32.7. The van der Waals surface area contributed by atoms with E-state index in [0.717, 1.165) is 24.3 Å². The van der Waals surface area contributed by atoms with Gasteiger partial charge in [-0.05, 0) is 48.0 Å². The fourth-order valence-corrected chi connectivity index (χ4v) is 7.07. The summed E-state index contributed by atoms with van der Waals surface area (Å²) < 4.78 is 46.5. The average molecular weight is 891 g/mol. The highest BCUT2D eigenvalue weighted by Crippen LogP contribution is 2.42. The van der Waals surface area contributed by atoms with Gasteiger partial charge in [0.1, 0.15) is 91.0 Å². The van der Waals surface area contributed by atoms with Crippen LogP contribution >= 0.6 is 0 Å². The van der Waals surface area contributed by atoms with Gasteiger partial charge in [-0.2, -0.15) is 0 Å². The molecule has 4 aliphatic heterocycles. The van der Waals surface area contributed by atoms with Gasteiger partial charge >= 0.3 is 5.97 Å². The van der Waals surface area contributed by atoms with Crippen LogP contribution in [0.1, 0.15) is 11.1 Å². The molecule has 4 heterocycles. The molecule has 0 amide bonds. The van der Waals surface area contributed by atoms with Crippen LogP contribution in [-0.2, 0) is 42.7 Å². The second-order valence-electron chi connectivity index (χ2n) is 15.0. The van der Waals surface area contributed by atoms with Crippen molar-refractivity contribution < 1.29 is 109 Å². The molecule has 22 heteroatoms. The first kappa shape index (κ1) is 45.7. The Bertz CT molecular complexity index is 2110. The van der Waals surface area contributed by atoms with Crippen LogP contribution in [0.5, 0.6) is 17.2 Å². The Morgan fingerprint density at radius 1 is 0.730 bits per heavy atom. The summed E-state index contributed by atoms with van der Waals surface area (Å²) in [4.78, 5) is 12.7. The molecular weight excluding hydrogens is 844 g/mol. The van der Waals surface area contributed by atoms with E-state index in [1.54, 1.807) is 0 Å². The van der Waals surface area contributed by atoms with Gasteiger partial charge in [-0.15, -0.1) is 0 Å². The Morgan fingerprint density at radius 3 is 2.14 bits per heavy atom. The number of phenolic OH excluding ortho intramolecular Hbond substituents is 3. The van der Waals surface area contributed by atoms with Gasteiger partial charge < -0.3 is 104 Å². The highest BCUT2D eigenvalue weighted by Gasteiger charge is 2.51. The summed E-state index contributed by atoms with van der Waals surface area (Å²) in [5.74, 6) is -3.28. The molecule has 63 heavy (non-hydrogen) atoms.